The van der Waals surface area contributed by atoms with Crippen LogP contribution in [0.15, 0.2) is 23.0 Å². The molecule has 0 aliphatic carbocycles. The molecule has 4 N–H and O–H groups in total. The minimum Gasteiger partial charge on any atom is -0.394 e. The van der Waals surface area contributed by atoms with Gasteiger partial charge in [-0.05, 0) is 18.2 Å². The Morgan fingerprint density at radius 3 is 2.60 bits per heavy atom. The van der Waals surface area contributed by atoms with Gasteiger partial charge in [0.2, 0.25) is 0 Å². The molecule has 3 heterocycles. The lowest BCUT2D eigenvalue weighted by Crippen LogP contribution is -2.34. The minimum atomic E-state index is -1.39. The summed E-state index contributed by atoms with van der Waals surface area (Å²) in [6.45, 7) is -0.490. The number of H-pyrrole nitrogens is 1. The van der Waals surface area contributed by atoms with Crippen LogP contribution in [0.25, 0.3) is 22.1 Å². The molecule has 0 saturated carbocycles. The molecule has 0 bridgehead atoms. The zero-order chi connectivity index (χ0) is 17.9. The topological polar surface area (TPSA) is 121 Å². The van der Waals surface area contributed by atoms with Gasteiger partial charge in [-0.25, -0.2) is 14.3 Å². The predicted octanol–water partition coefficient (Wildman–Crippen LogP) is 0.796. The van der Waals surface area contributed by atoms with E-state index in [1.807, 2.05) is 0 Å². The molecule has 25 heavy (non-hydrogen) atoms. The van der Waals surface area contributed by atoms with Crippen LogP contribution in [0, 0.1) is 0 Å². The lowest BCUT2D eigenvalue weighted by Gasteiger charge is -2.15. The summed E-state index contributed by atoms with van der Waals surface area (Å²) in [6, 6.07) is 4.88. The number of aliphatic hydroxyl groups excluding tert-OH is 3. The van der Waals surface area contributed by atoms with Crippen LogP contribution in [0.1, 0.15) is 6.23 Å². The first-order chi connectivity index (χ1) is 11.9. The molecule has 10 heteroatoms. The van der Waals surface area contributed by atoms with Crippen LogP contribution < -0.4 is 5.69 Å². The SMILES string of the molecule is O=c1[nH]c2cc3cc(Cl)c(Cl)cc3nc2n1[C@@H]1O[C@H](CO)[C@@H](O)[C@H]1O. The molecule has 1 saturated heterocycles. The summed E-state index contributed by atoms with van der Waals surface area (Å²) in [7, 11) is 0. The smallest absolute Gasteiger partial charge is 0.329 e. The molecule has 3 aromatic rings. The molecule has 132 valence electrons. The molecule has 0 radical (unpaired) electrons. The van der Waals surface area contributed by atoms with Crippen LogP contribution in [0.4, 0.5) is 0 Å². The summed E-state index contributed by atoms with van der Waals surface area (Å²) in [5.41, 5.74) is 0.575. The van der Waals surface area contributed by atoms with Crippen molar-refractivity contribution in [1.82, 2.24) is 14.5 Å². The molecule has 0 spiro atoms. The van der Waals surface area contributed by atoms with Gasteiger partial charge in [0.05, 0.1) is 27.7 Å². The van der Waals surface area contributed by atoms with Crippen molar-refractivity contribution in [2.45, 2.75) is 24.5 Å². The highest BCUT2D eigenvalue weighted by Gasteiger charge is 2.44. The van der Waals surface area contributed by atoms with Crippen molar-refractivity contribution in [3.63, 3.8) is 0 Å². The first-order valence-corrected chi connectivity index (χ1v) is 8.18. The van der Waals surface area contributed by atoms with Crippen LogP contribution in [-0.4, -0.2) is 54.8 Å². The van der Waals surface area contributed by atoms with Gasteiger partial charge >= 0.3 is 5.69 Å². The van der Waals surface area contributed by atoms with Gasteiger partial charge in [0.15, 0.2) is 11.9 Å². The fraction of sp³-hybridized carbons (Fsp3) is 0.333. The van der Waals surface area contributed by atoms with Crippen molar-refractivity contribution in [2.75, 3.05) is 6.61 Å². The first-order valence-electron chi connectivity index (χ1n) is 7.43. The quantitative estimate of drug-likeness (QED) is 0.517. The molecule has 4 atom stereocenters. The third kappa shape index (κ3) is 2.53. The number of fused-ring (bicyclic) bond motifs is 2. The Labute approximate surface area is 150 Å². The summed E-state index contributed by atoms with van der Waals surface area (Å²) in [5, 5.41) is 30.7. The standard InChI is InChI=1S/C15H13Cl2N3O5/c16-6-1-5-2-9-13(18-8(5)3-7(6)17)20(15(24)19-9)14-12(23)11(22)10(4-21)25-14/h1-3,10-12,14,21-23H,4H2,(H,19,24)/t10-,11-,12-,14-/m1/s1. The average molecular weight is 386 g/mol. The Bertz CT molecular complexity index is 1030. The van der Waals surface area contributed by atoms with Gasteiger partial charge in [0.1, 0.15) is 18.3 Å². The number of nitrogens with one attached hydrogen (secondary N) is 1. The number of pyridine rings is 1. The zero-order valence-corrected chi connectivity index (χ0v) is 14.1. The van der Waals surface area contributed by atoms with Crippen molar-refractivity contribution in [3.05, 3.63) is 38.7 Å². The molecule has 8 nitrogen and oxygen atoms in total. The number of aromatic nitrogens is 3. The van der Waals surface area contributed by atoms with Gasteiger partial charge in [-0.2, -0.15) is 0 Å². The second kappa shape index (κ2) is 5.94. The maximum atomic E-state index is 12.4. The summed E-state index contributed by atoms with van der Waals surface area (Å²) in [5.74, 6) is 0. The Morgan fingerprint density at radius 1 is 1.20 bits per heavy atom. The molecule has 0 unspecified atom stereocenters. The maximum absolute atomic E-state index is 12.4. The lowest BCUT2D eigenvalue weighted by molar-refractivity contribution is -0.0524. The lowest BCUT2D eigenvalue weighted by atomic mass is 10.1. The van der Waals surface area contributed by atoms with E-state index in [4.69, 9.17) is 27.9 Å². The molecular weight excluding hydrogens is 373 g/mol. The van der Waals surface area contributed by atoms with E-state index in [2.05, 4.69) is 9.97 Å². The Hall–Kier alpha value is -1.68. The Kier molecular flexibility index (Phi) is 3.99. The van der Waals surface area contributed by atoms with Crippen molar-refractivity contribution in [2.24, 2.45) is 0 Å². The number of rotatable bonds is 2. The van der Waals surface area contributed by atoms with Gasteiger partial charge in [-0.3, -0.25) is 0 Å². The van der Waals surface area contributed by atoms with Crippen LogP contribution in [0.5, 0.6) is 0 Å². The molecule has 1 aromatic carbocycles. The summed E-state index contributed by atoms with van der Waals surface area (Å²) < 4.78 is 6.54. The number of nitrogens with zero attached hydrogens (tertiary/aromatic N) is 2. The summed E-state index contributed by atoms with van der Waals surface area (Å²) >= 11 is 12.0. The fourth-order valence-electron chi connectivity index (χ4n) is 3.04. The Balaban J connectivity index is 1.92. The number of benzene rings is 1. The number of hydrogen-bond donors (Lipinski definition) is 4. The average Bonchev–Trinajstić information content (AvgIpc) is 3.03. The number of hydrogen-bond acceptors (Lipinski definition) is 6. The van der Waals surface area contributed by atoms with Gasteiger partial charge in [0, 0.05) is 5.39 Å². The third-order valence-corrected chi connectivity index (χ3v) is 5.02. The maximum Gasteiger partial charge on any atom is 0.329 e. The fourth-order valence-corrected chi connectivity index (χ4v) is 3.37. The largest absolute Gasteiger partial charge is 0.394 e. The third-order valence-electron chi connectivity index (χ3n) is 4.30. The molecule has 0 amide bonds. The second-order valence-electron chi connectivity index (χ2n) is 5.85. The van der Waals surface area contributed by atoms with Gasteiger partial charge < -0.3 is 25.0 Å². The highest BCUT2D eigenvalue weighted by molar-refractivity contribution is 6.42. The second-order valence-corrected chi connectivity index (χ2v) is 6.66. The van der Waals surface area contributed by atoms with E-state index < -0.39 is 36.8 Å². The predicted molar refractivity (Wildman–Crippen MR) is 90.9 cm³/mol. The number of ether oxygens (including phenoxy) is 1. The molecule has 1 aliphatic rings. The van der Waals surface area contributed by atoms with Crippen LogP contribution in [0.2, 0.25) is 10.0 Å². The van der Waals surface area contributed by atoms with Crippen molar-refractivity contribution < 1.29 is 20.1 Å². The zero-order valence-electron chi connectivity index (χ0n) is 12.6. The molecule has 1 aliphatic heterocycles. The number of aromatic amines is 1. The van der Waals surface area contributed by atoms with Gasteiger partial charge in [0.25, 0.3) is 0 Å². The Morgan fingerprint density at radius 2 is 1.92 bits per heavy atom. The van der Waals surface area contributed by atoms with E-state index in [9.17, 15) is 20.1 Å². The number of aliphatic hydroxyl groups is 3. The van der Waals surface area contributed by atoms with Crippen LogP contribution >= 0.6 is 23.2 Å². The molecule has 2 aromatic heterocycles. The number of imidazole rings is 1. The minimum absolute atomic E-state index is 0.228. The normalized spacial score (nSPS) is 26.8. The molecule has 4 rings (SSSR count). The van der Waals surface area contributed by atoms with E-state index in [1.54, 1.807) is 18.2 Å². The summed E-state index contributed by atoms with van der Waals surface area (Å²) in [6.07, 6.45) is -4.88. The van der Waals surface area contributed by atoms with E-state index in [1.165, 1.54) is 0 Å². The van der Waals surface area contributed by atoms with E-state index in [0.717, 1.165) is 4.57 Å². The van der Waals surface area contributed by atoms with Crippen LogP contribution in [0.3, 0.4) is 0 Å². The van der Waals surface area contributed by atoms with Gasteiger partial charge in [-0.1, -0.05) is 23.2 Å². The first kappa shape index (κ1) is 16.8. The summed E-state index contributed by atoms with van der Waals surface area (Å²) in [4.78, 5) is 19.4. The van der Waals surface area contributed by atoms with E-state index in [-0.39, 0.29) is 5.65 Å². The highest BCUT2D eigenvalue weighted by Crippen LogP contribution is 2.32. The van der Waals surface area contributed by atoms with E-state index in [0.29, 0.717) is 26.5 Å². The van der Waals surface area contributed by atoms with Gasteiger partial charge in [-0.15, -0.1) is 0 Å². The van der Waals surface area contributed by atoms with Crippen molar-refractivity contribution in [1.29, 1.82) is 0 Å². The molecular formula is C15H13Cl2N3O5. The van der Waals surface area contributed by atoms with Crippen molar-refractivity contribution >= 4 is 45.3 Å². The molecule has 1 fully saturated rings. The number of halogens is 2. The highest BCUT2D eigenvalue weighted by atomic mass is 35.5. The van der Waals surface area contributed by atoms with Crippen molar-refractivity contribution in [3.8, 4) is 0 Å². The van der Waals surface area contributed by atoms with Crippen LogP contribution in [-0.2, 0) is 4.74 Å². The monoisotopic (exact) mass is 385 g/mol. The van der Waals surface area contributed by atoms with E-state index >= 15 is 0 Å².